The fourth-order valence-corrected chi connectivity index (χ4v) is 2.14. The van der Waals surface area contributed by atoms with E-state index >= 15 is 0 Å². The summed E-state index contributed by atoms with van der Waals surface area (Å²) in [5.41, 5.74) is 1.09. The minimum atomic E-state index is -1.14. The molecule has 2 rings (SSSR count). The number of hydrogen-bond acceptors (Lipinski definition) is 3. The summed E-state index contributed by atoms with van der Waals surface area (Å²) in [6, 6.07) is 13.9. The van der Waals surface area contributed by atoms with Crippen molar-refractivity contribution in [3.8, 4) is 5.75 Å². The predicted octanol–water partition coefficient (Wildman–Crippen LogP) is 2.78. The lowest BCUT2D eigenvalue weighted by atomic mass is 10.1. The number of halogens is 1. The molecule has 0 aliphatic heterocycles. The first-order chi connectivity index (χ1) is 11.1. The first-order valence-electron chi connectivity index (χ1n) is 7.02. The molecule has 6 heteroatoms. The Morgan fingerprint density at radius 1 is 1.13 bits per heavy atom. The zero-order chi connectivity index (χ0) is 16.7. The van der Waals surface area contributed by atoms with Crippen LogP contribution in [0.1, 0.15) is 15.9 Å². The largest absolute Gasteiger partial charge is 0.483 e. The van der Waals surface area contributed by atoms with E-state index in [1.807, 2.05) is 30.3 Å². The first kappa shape index (κ1) is 16.8. The molecule has 2 aromatic rings. The quantitative estimate of drug-likeness (QED) is 0.817. The Hall–Kier alpha value is -2.53. The van der Waals surface area contributed by atoms with E-state index in [0.29, 0.717) is 18.0 Å². The molecule has 0 unspecified atom stereocenters. The maximum atomic E-state index is 11.8. The zero-order valence-electron chi connectivity index (χ0n) is 12.3. The number of benzene rings is 2. The number of carboxylic acids is 1. The summed E-state index contributed by atoms with van der Waals surface area (Å²) in [5, 5.41) is 12.1. The zero-order valence-corrected chi connectivity index (χ0v) is 13.0. The summed E-state index contributed by atoms with van der Waals surface area (Å²) in [6.45, 7) is 0.211. The van der Waals surface area contributed by atoms with Crippen LogP contribution in [0.3, 0.4) is 0 Å². The second-order valence-corrected chi connectivity index (χ2v) is 5.26. The molecule has 0 aliphatic rings. The fourth-order valence-electron chi connectivity index (χ4n) is 1.98. The lowest BCUT2D eigenvalue weighted by Crippen LogP contribution is -2.30. The molecule has 0 atom stereocenters. The predicted molar refractivity (Wildman–Crippen MR) is 87.1 cm³/mol. The Morgan fingerprint density at radius 3 is 2.57 bits per heavy atom. The third kappa shape index (κ3) is 5.30. The molecular formula is C17H16ClNO4. The summed E-state index contributed by atoms with van der Waals surface area (Å²) < 4.78 is 5.27. The third-order valence-corrected chi connectivity index (χ3v) is 3.35. The molecule has 0 aliphatic carbocycles. The molecule has 120 valence electrons. The standard InChI is InChI=1S/C17H16ClNO4/c18-13-6-7-14(17(21)22)15(10-13)23-11-16(20)19-9-8-12-4-2-1-3-5-12/h1-7,10H,8-9,11H2,(H,19,20)(H,21,22). The number of aromatic carboxylic acids is 1. The minimum absolute atomic E-state index is 0.0357. The van der Waals surface area contributed by atoms with Crippen molar-refractivity contribution < 1.29 is 19.4 Å². The molecule has 1 amide bonds. The fraction of sp³-hybridized carbons (Fsp3) is 0.176. The Labute approximate surface area is 138 Å². The third-order valence-electron chi connectivity index (χ3n) is 3.11. The smallest absolute Gasteiger partial charge is 0.339 e. The Morgan fingerprint density at radius 2 is 1.87 bits per heavy atom. The van der Waals surface area contributed by atoms with E-state index in [9.17, 15) is 9.59 Å². The van der Waals surface area contributed by atoms with E-state index in [-0.39, 0.29) is 23.8 Å². The van der Waals surface area contributed by atoms with E-state index in [1.165, 1.54) is 18.2 Å². The Bertz CT molecular complexity index is 688. The van der Waals surface area contributed by atoms with Crippen LogP contribution >= 0.6 is 11.6 Å². The van der Waals surface area contributed by atoms with Gasteiger partial charge in [0, 0.05) is 11.6 Å². The Balaban J connectivity index is 1.82. The number of ether oxygens (including phenoxy) is 1. The van der Waals surface area contributed by atoms with E-state index in [4.69, 9.17) is 21.4 Å². The number of carboxylic acid groups (broad SMARTS) is 1. The lowest BCUT2D eigenvalue weighted by molar-refractivity contribution is -0.123. The number of amides is 1. The van der Waals surface area contributed by atoms with Gasteiger partial charge in [-0.05, 0) is 30.2 Å². The minimum Gasteiger partial charge on any atom is -0.483 e. The topological polar surface area (TPSA) is 75.6 Å². The highest BCUT2D eigenvalue weighted by atomic mass is 35.5. The molecule has 0 fully saturated rings. The summed E-state index contributed by atoms with van der Waals surface area (Å²) >= 11 is 5.81. The number of nitrogens with one attached hydrogen (secondary N) is 1. The maximum Gasteiger partial charge on any atom is 0.339 e. The van der Waals surface area contributed by atoms with Gasteiger partial charge in [0.1, 0.15) is 11.3 Å². The van der Waals surface area contributed by atoms with Crippen LogP contribution in [0.4, 0.5) is 0 Å². The molecule has 0 spiro atoms. The van der Waals surface area contributed by atoms with E-state index in [2.05, 4.69) is 5.32 Å². The molecule has 23 heavy (non-hydrogen) atoms. The second kappa shape index (κ2) is 8.19. The average molecular weight is 334 g/mol. The summed E-state index contributed by atoms with van der Waals surface area (Å²) in [6.07, 6.45) is 0.712. The first-order valence-corrected chi connectivity index (χ1v) is 7.40. The molecular weight excluding hydrogens is 318 g/mol. The van der Waals surface area contributed by atoms with Gasteiger partial charge in [0.15, 0.2) is 6.61 Å². The van der Waals surface area contributed by atoms with Crippen molar-refractivity contribution in [1.82, 2.24) is 5.32 Å². The van der Waals surface area contributed by atoms with Gasteiger partial charge in [0.25, 0.3) is 5.91 Å². The monoisotopic (exact) mass is 333 g/mol. The molecule has 0 saturated heterocycles. The maximum absolute atomic E-state index is 11.8. The van der Waals surface area contributed by atoms with Crippen LogP contribution in [0.5, 0.6) is 5.75 Å². The van der Waals surface area contributed by atoms with Crippen molar-refractivity contribution in [1.29, 1.82) is 0 Å². The molecule has 0 bridgehead atoms. The van der Waals surface area contributed by atoms with Crippen LogP contribution in [0.2, 0.25) is 5.02 Å². The molecule has 2 N–H and O–H groups in total. The summed E-state index contributed by atoms with van der Waals surface area (Å²) in [7, 11) is 0. The van der Waals surface area contributed by atoms with E-state index < -0.39 is 5.97 Å². The summed E-state index contributed by atoms with van der Waals surface area (Å²) in [4.78, 5) is 22.8. The number of rotatable bonds is 7. The highest BCUT2D eigenvalue weighted by molar-refractivity contribution is 6.30. The Kier molecular flexibility index (Phi) is 6.00. The van der Waals surface area contributed by atoms with Gasteiger partial charge in [-0.1, -0.05) is 41.9 Å². The number of hydrogen-bond donors (Lipinski definition) is 2. The molecule has 5 nitrogen and oxygen atoms in total. The van der Waals surface area contributed by atoms with Crippen molar-refractivity contribution in [2.45, 2.75) is 6.42 Å². The highest BCUT2D eigenvalue weighted by Gasteiger charge is 2.13. The van der Waals surface area contributed by atoms with E-state index in [1.54, 1.807) is 0 Å². The van der Waals surface area contributed by atoms with E-state index in [0.717, 1.165) is 5.56 Å². The average Bonchev–Trinajstić information content (AvgIpc) is 2.53. The molecule has 0 aromatic heterocycles. The molecule has 2 aromatic carbocycles. The molecule has 0 saturated carbocycles. The van der Waals surface area contributed by atoms with Gasteiger partial charge in [0.2, 0.25) is 0 Å². The van der Waals surface area contributed by atoms with Crippen LogP contribution in [0.15, 0.2) is 48.5 Å². The van der Waals surface area contributed by atoms with Gasteiger partial charge in [0.05, 0.1) is 0 Å². The highest BCUT2D eigenvalue weighted by Crippen LogP contribution is 2.23. The van der Waals surface area contributed by atoms with Crippen molar-refractivity contribution in [3.05, 3.63) is 64.7 Å². The van der Waals surface area contributed by atoms with Crippen LogP contribution in [0, 0.1) is 0 Å². The van der Waals surface area contributed by atoms with Crippen molar-refractivity contribution in [2.75, 3.05) is 13.2 Å². The van der Waals surface area contributed by atoms with Gasteiger partial charge in [-0.25, -0.2) is 4.79 Å². The van der Waals surface area contributed by atoms with Crippen molar-refractivity contribution in [2.24, 2.45) is 0 Å². The SMILES string of the molecule is O=C(COc1cc(Cl)ccc1C(=O)O)NCCc1ccccc1. The van der Waals surface area contributed by atoms with Crippen LogP contribution in [-0.4, -0.2) is 30.1 Å². The van der Waals surface area contributed by atoms with Crippen LogP contribution in [-0.2, 0) is 11.2 Å². The van der Waals surface area contributed by atoms with Crippen LogP contribution in [0.25, 0.3) is 0 Å². The van der Waals surface area contributed by atoms with Gasteiger partial charge >= 0.3 is 5.97 Å². The normalized spacial score (nSPS) is 10.1. The molecule has 0 heterocycles. The van der Waals surface area contributed by atoms with Crippen molar-refractivity contribution in [3.63, 3.8) is 0 Å². The van der Waals surface area contributed by atoms with Crippen molar-refractivity contribution >= 4 is 23.5 Å². The molecule has 0 radical (unpaired) electrons. The number of carbonyl (C=O) groups excluding carboxylic acids is 1. The second-order valence-electron chi connectivity index (χ2n) is 4.82. The van der Waals surface area contributed by atoms with Gasteiger partial charge in [-0.2, -0.15) is 0 Å². The van der Waals surface area contributed by atoms with Crippen LogP contribution < -0.4 is 10.1 Å². The van der Waals surface area contributed by atoms with Gasteiger partial charge in [-0.15, -0.1) is 0 Å². The summed E-state index contributed by atoms with van der Waals surface area (Å²) in [5.74, 6) is -1.39. The lowest BCUT2D eigenvalue weighted by Gasteiger charge is -2.10. The van der Waals surface area contributed by atoms with Gasteiger partial charge in [-0.3, -0.25) is 4.79 Å². The van der Waals surface area contributed by atoms with Gasteiger partial charge < -0.3 is 15.2 Å². The number of carbonyl (C=O) groups is 2.